The zero-order valence-electron chi connectivity index (χ0n) is 11.0. The fourth-order valence-corrected chi connectivity index (χ4v) is 2.05. The third kappa shape index (κ3) is 9.11. The van der Waals surface area contributed by atoms with Gasteiger partial charge >= 0.3 is 0 Å². The van der Waals surface area contributed by atoms with Crippen LogP contribution in [0.1, 0.15) is 64.2 Å². The SMILES string of the molecule is O=C1CCCC/C=C/CCCCCCOCC1. The number of ether oxygens (including phenoxy) is 1. The summed E-state index contributed by atoms with van der Waals surface area (Å²) in [6.07, 6.45) is 15.4. The lowest BCUT2D eigenvalue weighted by atomic mass is 10.1. The molecule has 0 amide bonds. The Morgan fingerprint density at radius 2 is 1.47 bits per heavy atom. The van der Waals surface area contributed by atoms with Crippen LogP contribution in [0.5, 0.6) is 0 Å². The van der Waals surface area contributed by atoms with E-state index >= 15 is 0 Å². The molecular weight excluding hydrogens is 212 g/mol. The first-order chi connectivity index (χ1) is 8.39. The topological polar surface area (TPSA) is 26.3 Å². The summed E-state index contributed by atoms with van der Waals surface area (Å²) in [5.74, 6) is 0.362. The maximum absolute atomic E-state index is 11.5. The van der Waals surface area contributed by atoms with Crippen LogP contribution in [-0.2, 0) is 9.53 Å². The fourth-order valence-electron chi connectivity index (χ4n) is 2.05. The van der Waals surface area contributed by atoms with Gasteiger partial charge in [0, 0.05) is 19.4 Å². The fraction of sp³-hybridized carbons (Fsp3) is 0.800. The van der Waals surface area contributed by atoms with E-state index in [1.165, 1.54) is 25.7 Å². The van der Waals surface area contributed by atoms with Crippen molar-refractivity contribution in [3.8, 4) is 0 Å². The highest BCUT2D eigenvalue weighted by atomic mass is 16.5. The summed E-state index contributed by atoms with van der Waals surface area (Å²) in [7, 11) is 0. The van der Waals surface area contributed by atoms with Gasteiger partial charge in [-0.3, -0.25) is 4.79 Å². The summed E-state index contributed by atoms with van der Waals surface area (Å²) < 4.78 is 5.47. The van der Waals surface area contributed by atoms with Gasteiger partial charge in [-0.25, -0.2) is 0 Å². The Morgan fingerprint density at radius 1 is 0.765 bits per heavy atom. The molecule has 0 spiro atoms. The molecule has 2 nitrogen and oxygen atoms in total. The van der Waals surface area contributed by atoms with E-state index in [9.17, 15) is 4.79 Å². The van der Waals surface area contributed by atoms with Gasteiger partial charge in [-0.05, 0) is 38.5 Å². The lowest BCUT2D eigenvalue weighted by molar-refractivity contribution is -0.120. The van der Waals surface area contributed by atoms with E-state index in [0.29, 0.717) is 18.8 Å². The van der Waals surface area contributed by atoms with E-state index in [-0.39, 0.29) is 0 Å². The van der Waals surface area contributed by atoms with Gasteiger partial charge in [-0.1, -0.05) is 25.0 Å². The van der Waals surface area contributed by atoms with Crippen LogP contribution in [0.4, 0.5) is 0 Å². The second kappa shape index (κ2) is 10.5. The number of carbonyl (C=O) groups is 1. The van der Waals surface area contributed by atoms with E-state index in [1.807, 2.05) is 0 Å². The number of allylic oxidation sites excluding steroid dienone is 2. The molecule has 1 heterocycles. The van der Waals surface area contributed by atoms with Gasteiger partial charge in [0.25, 0.3) is 0 Å². The number of hydrogen-bond acceptors (Lipinski definition) is 2. The Morgan fingerprint density at radius 3 is 2.29 bits per heavy atom. The molecule has 0 saturated carbocycles. The van der Waals surface area contributed by atoms with Crippen molar-refractivity contribution in [1.82, 2.24) is 0 Å². The molecule has 2 heteroatoms. The van der Waals surface area contributed by atoms with Crippen molar-refractivity contribution in [3.63, 3.8) is 0 Å². The molecule has 98 valence electrons. The quantitative estimate of drug-likeness (QED) is 0.595. The van der Waals surface area contributed by atoms with Gasteiger partial charge < -0.3 is 4.74 Å². The Balaban J connectivity index is 2.18. The summed E-state index contributed by atoms with van der Waals surface area (Å²) in [6.45, 7) is 1.45. The third-order valence-corrected chi connectivity index (χ3v) is 3.18. The molecule has 0 aromatic carbocycles. The molecule has 0 radical (unpaired) electrons. The molecule has 0 atom stereocenters. The normalized spacial score (nSPS) is 24.4. The summed E-state index contributed by atoms with van der Waals surface area (Å²) in [4.78, 5) is 11.5. The molecule has 0 saturated heterocycles. The molecule has 1 aliphatic rings. The van der Waals surface area contributed by atoms with Crippen LogP contribution >= 0.6 is 0 Å². The minimum absolute atomic E-state index is 0.362. The van der Waals surface area contributed by atoms with Crippen molar-refractivity contribution in [2.45, 2.75) is 64.2 Å². The van der Waals surface area contributed by atoms with Crippen molar-refractivity contribution in [3.05, 3.63) is 12.2 Å². The van der Waals surface area contributed by atoms with Crippen LogP contribution in [0.15, 0.2) is 12.2 Å². The first kappa shape index (κ1) is 14.4. The van der Waals surface area contributed by atoms with E-state index in [0.717, 1.165) is 38.7 Å². The van der Waals surface area contributed by atoms with Gasteiger partial charge in [0.2, 0.25) is 0 Å². The number of carbonyl (C=O) groups excluding carboxylic acids is 1. The average Bonchev–Trinajstić information content (AvgIpc) is 2.32. The summed E-state index contributed by atoms with van der Waals surface area (Å²) in [6, 6.07) is 0. The molecule has 0 aliphatic carbocycles. The maximum atomic E-state index is 11.5. The van der Waals surface area contributed by atoms with Crippen LogP contribution in [0, 0.1) is 0 Å². The van der Waals surface area contributed by atoms with Crippen molar-refractivity contribution in [1.29, 1.82) is 0 Å². The molecule has 1 rings (SSSR count). The molecule has 17 heavy (non-hydrogen) atoms. The van der Waals surface area contributed by atoms with E-state index in [2.05, 4.69) is 12.2 Å². The predicted molar refractivity (Wildman–Crippen MR) is 71.1 cm³/mol. The molecule has 0 unspecified atom stereocenters. The van der Waals surface area contributed by atoms with E-state index in [1.54, 1.807) is 0 Å². The second-order valence-corrected chi connectivity index (χ2v) is 4.82. The minimum Gasteiger partial charge on any atom is -0.381 e. The number of Topliss-reactive ketones (excluding diaryl/α,β-unsaturated/α-hetero) is 1. The Labute approximate surface area is 105 Å². The monoisotopic (exact) mass is 238 g/mol. The lowest BCUT2D eigenvalue weighted by Crippen LogP contribution is -2.05. The van der Waals surface area contributed by atoms with Crippen LogP contribution in [0.25, 0.3) is 0 Å². The molecule has 1 aliphatic heterocycles. The molecular formula is C15H26O2. The highest BCUT2D eigenvalue weighted by molar-refractivity contribution is 5.78. The number of rotatable bonds is 0. The second-order valence-electron chi connectivity index (χ2n) is 4.82. The lowest BCUT2D eigenvalue weighted by Gasteiger charge is -2.04. The first-order valence-electron chi connectivity index (χ1n) is 7.14. The average molecular weight is 238 g/mol. The molecule has 0 aromatic rings. The highest BCUT2D eigenvalue weighted by Gasteiger charge is 2.01. The van der Waals surface area contributed by atoms with E-state index < -0.39 is 0 Å². The van der Waals surface area contributed by atoms with Crippen LogP contribution < -0.4 is 0 Å². The van der Waals surface area contributed by atoms with Crippen molar-refractivity contribution >= 4 is 5.78 Å². The van der Waals surface area contributed by atoms with E-state index in [4.69, 9.17) is 4.74 Å². The summed E-state index contributed by atoms with van der Waals surface area (Å²) in [5, 5.41) is 0. The number of ketones is 1. The molecule has 0 N–H and O–H groups in total. The van der Waals surface area contributed by atoms with Crippen molar-refractivity contribution < 1.29 is 9.53 Å². The zero-order chi connectivity index (χ0) is 12.2. The Bertz CT molecular complexity index is 221. The van der Waals surface area contributed by atoms with Gasteiger partial charge in [-0.2, -0.15) is 0 Å². The largest absolute Gasteiger partial charge is 0.381 e. The summed E-state index contributed by atoms with van der Waals surface area (Å²) in [5.41, 5.74) is 0. The zero-order valence-corrected chi connectivity index (χ0v) is 11.0. The van der Waals surface area contributed by atoms with Gasteiger partial charge in [0.05, 0.1) is 6.61 Å². The number of hydrogen-bond donors (Lipinski definition) is 0. The van der Waals surface area contributed by atoms with Crippen molar-refractivity contribution in [2.24, 2.45) is 0 Å². The summed E-state index contributed by atoms with van der Waals surface area (Å²) >= 11 is 0. The van der Waals surface area contributed by atoms with Gasteiger partial charge in [0.15, 0.2) is 0 Å². The van der Waals surface area contributed by atoms with Crippen LogP contribution in [0.2, 0.25) is 0 Å². The smallest absolute Gasteiger partial charge is 0.135 e. The molecule has 0 aromatic heterocycles. The van der Waals surface area contributed by atoms with Crippen LogP contribution in [-0.4, -0.2) is 19.0 Å². The standard InChI is InChI=1S/C15H26O2/c16-15-11-9-7-5-3-1-2-4-6-8-10-13-17-14-12-15/h1,3H,2,4-14H2/b3-1+. The molecule has 0 bridgehead atoms. The maximum Gasteiger partial charge on any atom is 0.135 e. The minimum atomic E-state index is 0.362. The Kier molecular flexibility index (Phi) is 8.93. The van der Waals surface area contributed by atoms with Gasteiger partial charge in [-0.15, -0.1) is 0 Å². The van der Waals surface area contributed by atoms with Crippen molar-refractivity contribution in [2.75, 3.05) is 13.2 Å². The Hall–Kier alpha value is -0.630. The van der Waals surface area contributed by atoms with Gasteiger partial charge in [0.1, 0.15) is 5.78 Å². The van der Waals surface area contributed by atoms with Crippen LogP contribution in [0.3, 0.4) is 0 Å². The first-order valence-corrected chi connectivity index (χ1v) is 7.14. The molecule has 0 fully saturated rings. The highest BCUT2D eigenvalue weighted by Crippen LogP contribution is 2.08. The predicted octanol–water partition coefficient (Wildman–Crippen LogP) is 4.04. The third-order valence-electron chi connectivity index (χ3n) is 3.18.